The normalized spacial score (nSPS) is 11.3. The zero-order valence-electron chi connectivity index (χ0n) is 11.9. The predicted molar refractivity (Wildman–Crippen MR) is 80.6 cm³/mol. The fourth-order valence-corrected chi connectivity index (χ4v) is 2.33. The third-order valence-electron chi connectivity index (χ3n) is 3.28. The first-order valence-corrected chi connectivity index (χ1v) is 6.65. The second-order valence-corrected chi connectivity index (χ2v) is 5.68. The molecule has 3 nitrogen and oxygen atoms in total. The van der Waals surface area contributed by atoms with E-state index in [0.717, 1.165) is 11.1 Å². The molecule has 0 bridgehead atoms. The van der Waals surface area contributed by atoms with Gasteiger partial charge in [0.15, 0.2) is 11.3 Å². The average Bonchev–Trinajstić information content (AvgIpc) is 2.32. The van der Waals surface area contributed by atoms with Gasteiger partial charge in [-0.15, -0.1) is 0 Å². The summed E-state index contributed by atoms with van der Waals surface area (Å²) in [5.41, 5.74) is 2.34. The van der Waals surface area contributed by atoms with Gasteiger partial charge in [0, 0.05) is 25.2 Å². The summed E-state index contributed by atoms with van der Waals surface area (Å²) < 4.78 is 5.90. The molecule has 2 aromatic rings. The van der Waals surface area contributed by atoms with E-state index in [1.807, 2.05) is 27.1 Å². The molecule has 4 heteroatoms. The minimum Gasteiger partial charge on any atom is -0.440 e. The molecule has 0 amide bonds. The third-order valence-corrected chi connectivity index (χ3v) is 3.67. The number of benzene rings is 1. The van der Waals surface area contributed by atoms with Crippen LogP contribution in [0.2, 0.25) is 5.02 Å². The van der Waals surface area contributed by atoms with Crippen molar-refractivity contribution in [3.8, 4) is 0 Å². The van der Waals surface area contributed by atoms with E-state index < -0.39 is 0 Å². The Morgan fingerprint density at radius 3 is 2.42 bits per heavy atom. The second-order valence-electron chi connectivity index (χ2n) is 5.27. The van der Waals surface area contributed by atoms with E-state index in [2.05, 4.69) is 13.8 Å². The lowest BCUT2D eigenvalue weighted by atomic mass is 9.97. The molecule has 0 aliphatic rings. The highest BCUT2D eigenvalue weighted by Crippen LogP contribution is 2.32. The summed E-state index contributed by atoms with van der Waals surface area (Å²) >= 11 is 6.22. The summed E-state index contributed by atoms with van der Waals surface area (Å²) in [6, 6.07) is 3.40. The van der Waals surface area contributed by atoms with Crippen LogP contribution in [0, 0.1) is 6.92 Å². The number of hydrogen-bond donors (Lipinski definition) is 0. The zero-order valence-corrected chi connectivity index (χ0v) is 12.6. The first-order valence-electron chi connectivity index (χ1n) is 6.27. The van der Waals surface area contributed by atoms with E-state index in [1.165, 1.54) is 6.07 Å². The van der Waals surface area contributed by atoms with Crippen LogP contribution < -0.4 is 10.3 Å². The molecule has 0 N–H and O–H groups in total. The molecule has 0 spiro atoms. The molecule has 2 rings (SSSR count). The summed E-state index contributed by atoms with van der Waals surface area (Å²) in [4.78, 5) is 14.1. The zero-order chi connectivity index (χ0) is 14.3. The molecule has 1 heterocycles. The molecule has 0 radical (unpaired) electrons. The van der Waals surface area contributed by atoms with Crippen molar-refractivity contribution in [2.45, 2.75) is 26.7 Å². The van der Waals surface area contributed by atoms with Gasteiger partial charge in [-0.2, -0.15) is 0 Å². The van der Waals surface area contributed by atoms with Gasteiger partial charge < -0.3 is 9.32 Å². The maximum Gasteiger partial charge on any atom is 0.199 e. The Balaban J connectivity index is 2.97. The molecule has 19 heavy (non-hydrogen) atoms. The van der Waals surface area contributed by atoms with E-state index >= 15 is 0 Å². The standard InChI is InChI=1S/C15H18ClNO2/c1-8(2)10-6-11(16)9(3)14-12(18)7-13(17(4)5)19-15(10)14/h6-8H,1-5H3. The Kier molecular flexibility index (Phi) is 3.59. The number of nitrogens with zero attached hydrogens (tertiary/aromatic N) is 1. The summed E-state index contributed by atoms with van der Waals surface area (Å²) in [6.07, 6.45) is 0. The number of halogens is 1. The third kappa shape index (κ3) is 2.35. The van der Waals surface area contributed by atoms with Crippen molar-refractivity contribution >= 4 is 28.5 Å². The van der Waals surface area contributed by atoms with Crippen LogP contribution in [0.3, 0.4) is 0 Å². The van der Waals surface area contributed by atoms with E-state index in [4.69, 9.17) is 16.0 Å². The number of rotatable bonds is 2. The fraction of sp³-hybridized carbons (Fsp3) is 0.400. The number of aryl methyl sites for hydroxylation is 1. The van der Waals surface area contributed by atoms with Crippen molar-refractivity contribution in [3.63, 3.8) is 0 Å². The van der Waals surface area contributed by atoms with Gasteiger partial charge in [0.1, 0.15) is 5.58 Å². The molecule has 0 atom stereocenters. The quantitative estimate of drug-likeness (QED) is 0.835. The molecule has 0 fully saturated rings. The van der Waals surface area contributed by atoms with Crippen molar-refractivity contribution in [3.05, 3.63) is 38.5 Å². The molecule has 0 aliphatic carbocycles. The molecule has 102 valence electrons. The second kappa shape index (κ2) is 4.89. The van der Waals surface area contributed by atoms with Gasteiger partial charge in [0.05, 0.1) is 5.39 Å². The smallest absolute Gasteiger partial charge is 0.199 e. The van der Waals surface area contributed by atoms with Crippen LogP contribution >= 0.6 is 11.6 Å². The largest absolute Gasteiger partial charge is 0.440 e. The van der Waals surface area contributed by atoms with Crippen LogP contribution in [0.5, 0.6) is 0 Å². The summed E-state index contributed by atoms with van der Waals surface area (Å²) in [5.74, 6) is 0.794. The Morgan fingerprint density at radius 2 is 1.89 bits per heavy atom. The predicted octanol–water partition coefficient (Wildman–Crippen LogP) is 3.94. The monoisotopic (exact) mass is 279 g/mol. The Labute approximate surface area is 117 Å². The highest BCUT2D eigenvalue weighted by molar-refractivity contribution is 6.32. The van der Waals surface area contributed by atoms with Crippen molar-refractivity contribution in [2.75, 3.05) is 19.0 Å². The molecular weight excluding hydrogens is 262 g/mol. The van der Waals surface area contributed by atoms with Crippen molar-refractivity contribution in [1.29, 1.82) is 0 Å². The highest BCUT2D eigenvalue weighted by Gasteiger charge is 2.17. The van der Waals surface area contributed by atoms with Crippen LogP contribution in [-0.2, 0) is 0 Å². The molecule has 0 unspecified atom stereocenters. The minimum atomic E-state index is -0.0492. The lowest BCUT2D eigenvalue weighted by Crippen LogP contribution is -2.13. The lowest BCUT2D eigenvalue weighted by Gasteiger charge is -2.16. The minimum absolute atomic E-state index is 0.0492. The first kappa shape index (κ1) is 13.9. The van der Waals surface area contributed by atoms with Crippen molar-refractivity contribution in [2.24, 2.45) is 0 Å². The molecule has 0 aliphatic heterocycles. The number of anilines is 1. The van der Waals surface area contributed by atoms with Gasteiger partial charge in [0.25, 0.3) is 0 Å². The van der Waals surface area contributed by atoms with Crippen LogP contribution in [0.1, 0.15) is 30.9 Å². The van der Waals surface area contributed by atoms with Crippen LogP contribution in [-0.4, -0.2) is 14.1 Å². The molecule has 0 saturated heterocycles. The molecule has 1 aromatic heterocycles. The summed E-state index contributed by atoms with van der Waals surface area (Å²) in [5, 5.41) is 1.20. The van der Waals surface area contributed by atoms with Crippen LogP contribution in [0.4, 0.5) is 5.88 Å². The fourth-order valence-electron chi connectivity index (χ4n) is 2.12. The van der Waals surface area contributed by atoms with Gasteiger partial charge in [-0.05, 0) is 30.0 Å². The Bertz CT molecular complexity index is 687. The topological polar surface area (TPSA) is 33.5 Å². The molecule has 1 aromatic carbocycles. The maximum absolute atomic E-state index is 12.3. The molecule has 0 saturated carbocycles. The Morgan fingerprint density at radius 1 is 1.26 bits per heavy atom. The van der Waals surface area contributed by atoms with E-state index in [1.54, 1.807) is 4.90 Å². The summed E-state index contributed by atoms with van der Waals surface area (Å²) in [7, 11) is 3.70. The van der Waals surface area contributed by atoms with Gasteiger partial charge in [0.2, 0.25) is 0 Å². The average molecular weight is 280 g/mol. The Hall–Kier alpha value is -1.48. The van der Waals surface area contributed by atoms with E-state index in [0.29, 0.717) is 21.9 Å². The number of fused-ring (bicyclic) bond motifs is 1. The van der Waals surface area contributed by atoms with Gasteiger partial charge >= 0.3 is 0 Å². The first-order chi connectivity index (χ1) is 8.82. The molecular formula is C15H18ClNO2. The van der Waals surface area contributed by atoms with Crippen molar-refractivity contribution in [1.82, 2.24) is 0 Å². The summed E-state index contributed by atoms with van der Waals surface area (Å²) in [6.45, 7) is 5.96. The SMILES string of the molecule is Cc1c(Cl)cc(C(C)C)c2oc(N(C)C)cc(=O)c12. The van der Waals surface area contributed by atoms with Crippen LogP contribution in [0.25, 0.3) is 11.0 Å². The maximum atomic E-state index is 12.3. The van der Waals surface area contributed by atoms with Crippen molar-refractivity contribution < 1.29 is 4.42 Å². The van der Waals surface area contributed by atoms with Crippen LogP contribution in [0.15, 0.2) is 21.3 Å². The number of hydrogen-bond acceptors (Lipinski definition) is 3. The van der Waals surface area contributed by atoms with E-state index in [9.17, 15) is 4.79 Å². The lowest BCUT2D eigenvalue weighted by molar-refractivity contribution is 0.589. The van der Waals surface area contributed by atoms with Gasteiger partial charge in [-0.3, -0.25) is 4.79 Å². The van der Waals surface area contributed by atoms with E-state index in [-0.39, 0.29) is 11.3 Å². The van der Waals surface area contributed by atoms with Gasteiger partial charge in [-0.1, -0.05) is 25.4 Å². The highest BCUT2D eigenvalue weighted by atomic mass is 35.5. The van der Waals surface area contributed by atoms with Gasteiger partial charge in [-0.25, -0.2) is 0 Å².